The summed E-state index contributed by atoms with van der Waals surface area (Å²) < 4.78 is 1.64. The van der Waals surface area contributed by atoms with E-state index in [1.807, 2.05) is 30.1 Å². The number of carbonyl (C=O) groups is 2. The van der Waals surface area contributed by atoms with Gasteiger partial charge in [-0.05, 0) is 24.1 Å². The Kier molecular flexibility index (Phi) is 5.02. The molecule has 8 heteroatoms. The Labute approximate surface area is 168 Å². The first-order valence-electron chi connectivity index (χ1n) is 9.61. The molecule has 1 atom stereocenters. The van der Waals surface area contributed by atoms with Crippen LogP contribution in [0.1, 0.15) is 29.3 Å². The van der Waals surface area contributed by atoms with E-state index < -0.39 is 5.91 Å². The summed E-state index contributed by atoms with van der Waals surface area (Å²) in [6.07, 6.45) is 2.42. The van der Waals surface area contributed by atoms with E-state index in [0.29, 0.717) is 11.2 Å². The van der Waals surface area contributed by atoms with Gasteiger partial charge in [-0.1, -0.05) is 24.3 Å². The van der Waals surface area contributed by atoms with Crippen molar-refractivity contribution in [1.29, 1.82) is 0 Å². The van der Waals surface area contributed by atoms with Gasteiger partial charge in [0.05, 0.1) is 11.3 Å². The van der Waals surface area contributed by atoms with Gasteiger partial charge in [-0.25, -0.2) is 9.50 Å². The maximum atomic E-state index is 11.6. The molecule has 1 aliphatic rings. The smallest absolute Gasteiger partial charge is 0.252 e. The second kappa shape index (κ2) is 7.63. The lowest BCUT2D eigenvalue weighted by molar-refractivity contribution is -0.129. The number of nitrogens with zero attached hydrogens (tertiary/aromatic N) is 5. The lowest BCUT2D eigenvalue weighted by Gasteiger charge is -2.23. The number of rotatable bonds is 5. The summed E-state index contributed by atoms with van der Waals surface area (Å²) in [5, 5.41) is 4.24. The molecule has 1 aliphatic heterocycles. The van der Waals surface area contributed by atoms with Gasteiger partial charge in [-0.15, -0.1) is 0 Å². The third-order valence-electron chi connectivity index (χ3n) is 5.64. The molecule has 0 spiro atoms. The summed E-state index contributed by atoms with van der Waals surface area (Å²) in [5.74, 6) is -0.410. The number of benzene rings is 1. The number of pyridine rings is 1. The molecule has 0 bridgehead atoms. The SMILES string of the molecule is CC(=O)N(C)C1CCN(Cc2ccc(-c3ccc(C(N)=O)c4ncnn34)cc2)C1. The molecule has 0 saturated carbocycles. The Balaban J connectivity index is 1.50. The summed E-state index contributed by atoms with van der Waals surface area (Å²) in [5.41, 5.74) is 9.27. The van der Waals surface area contributed by atoms with Crippen LogP contribution in [0.5, 0.6) is 0 Å². The molecule has 1 saturated heterocycles. The first-order valence-corrected chi connectivity index (χ1v) is 9.61. The maximum Gasteiger partial charge on any atom is 0.252 e. The number of aromatic nitrogens is 3. The topological polar surface area (TPSA) is 96.8 Å². The maximum absolute atomic E-state index is 11.6. The molecule has 8 nitrogen and oxygen atoms in total. The third kappa shape index (κ3) is 3.71. The molecular weight excluding hydrogens is 368 g/mol. The minimum atomic E-state index is -0.524. The first kappa shape index (κ1) is 19.1. The standard InChI is InChI=1S/C21H24N6O2/c1-14(28)25(2)17-9-10-26(12-17)11-15-3-5-16(6-4-15)19-8-7-18(20(22)29)21-23-13-24-27(19)21/h3-8,13,17H,9-12H2,1-2H3,(H2,22,29). The van der Waals surface area contributed by atoms with E-state index in [9.17, 15) is 9.59 Å². The number of nitrogens with two attached hydrogens (primary N) is 1. The average molecular weight is 392 g/mol. The van der Waals surface area contributed by atoms with Crippen LogP contribution in [0.25, 0.3) is 16.9 Å². The number of hydrogen-bond donors (Lipinski definition) is 1. The van der Waals surface area contributed by atoms with Crippen molar-refractivity contribution in [2.24, 2.45) is 5.73 Å². The molecule has 0 radical (unpaired) electrons. The predicted octanol–water partition coefficient (Wildman–Crippen LogP) is 1.55. The van der Waals surface area contributed by atoms with Gasteiger partial charge in [0.15, 0.2) is 5.65 Å². The highest BCUT2D eigenvalue weighted by Gasteiger charge is 2.26. The number of likely N-dealkylation sites (N-methyl/N-ethyl adjacent to an activating group) is 1. The van der Waals surface area contributed by atoms with Gasteiger partial charge in [-0.3, -0.25) is 14.5 Å². The molecule has 1 aromatic carbocycles. The van der Waals surface area contributed by atoms with Gasteiger partial charge < -0.3 is 10.6 Å². The van der Waals surface area contributed by atoms with Crippen LogP contribution in [0.3, 0.4) is 0 Å². The zero-order valence-corrected chi connectivity index (χ0v) is 16.6. The van der Waals surface area contributed by atoms with Crippen molar-refractivity contribution in [2.45, 2.75) is 25.9 Å². The first-order chi connectivity index (χ1) is 13.9. The monoisotopic (exact) mass is 392 g/mol. The zero-order valence-electron chi connectivity index (χ0n) is 16.6. The fraction of sp³-hybridized carbons (Fsp3) is 0.333. The van der Waals surface area contributed by atoms with Crippen LogP contribution in [-0.4, -0.2) is 62.4 Å². The van der Waals surface area contributed by atoms with Gasteiger partial charge in [0.25, 0.3) is 5.91 Å². The highest BCUT2D eigenvalue weighted by Crippen LogP contribution is 2.23. The largest absolute Gasteiger partial charge is 0.365 e. The van der Waals surface area contributed by atoms with Crippen molar-refractivity contribution in [2.75, 3.05) is 20.1 Å². The van der Waals surface area contributed by atoms with Crippen molar-refractivity contribution in [3.8, 4) is 11.3 Å². The van der Waals surface area contributed by atoms with E-state index in [-0.39, 0.29) is 11.9 Å². The Hall–Kier alpha value is -3.26. The summed E-state index contributed by atoms with van der Waals surface area (Å²) in [7, 11) is 1.87. The van der Waals surface area contributed by atoms with E-state index in [0.717, 1.165) is 37.3 Å². The molecular formula is C21H24N6O2. The van der Waals surface area contributed by atoms with Crippen LogP contribution in [0, 0.1) is 0 Å². The highest BCUT2D eigenvalue weighted by atomic mass is 16.2. The summed E-state index contributed by atoms with van der Waals surface area (Å²) >= 11 is 0. The average Bonchev–Trinajstić information content (AvgIpc) is 3.36. The minimum Gasteiger partial charge on any atom is -0.365 e. The molecule has 4 rings (SSSR count). The minimum absolute atomic E-state index is 0.114. The number of amides is 2. The van der Waals surface area contributed by atoms with Gasteiger partial charge >= 0.3 is 0 Å². The van der Waals surface area contributed by atoms with Crippen LogP contribution in [-0.2, 0) is 11.3 Å². The van der Waals surface area contributed by atoms with Crippen molar-refractivity contribution in [1.82, 2.24) is 24.4 Å². The number of hydrogen-bond acceptors (Lipinski definition) is 5. The summed E-state index contributed by atoms with van der Waals surface area (Å²) in [4.78, 5) is 31.5. The molecule has 0 aliphatic carbocycles. The van der Waals surface area contributed by atoms with Crippen molar-refractivity contribution in [3.63, 3.8) is 0 Å². The zero-order chi connectivity index (χ0) is 20.5. The van der Waals surface area contributed by atoms with Crippen molar-refractivity contribution >= 4 is 17.5 Å². The van der Waals surface area contributed by atoms with Gasteiger partial charge in [0.2, 0.25) is 5.91 Å². The van der Waals surface area contributed by atoms with Gasteiger partial charge in [-0.2, -0.15) is 5.10 Å². The van der Waals surface area contributed by atoms with E-state index in [1.165, 1.54) is 11.9 Å². The molecule has 29 heavy (non-hydrogen) atoms. The third-order valence-corrected chi connectivity index (χ3v) is 5.64. The lowest BCUT2D eigenvalue weighted by atomic mass is 10.1. The van der Waals surface area contributed by atoms with Crippen LogP contribution >= 0.6 is 0 Å². The Bertz CT molecular complexity index is 1060. The van der Waals surface area contributed by atoms with Crippen LogP contribution in [0.15, 0.2) is 42.7 Å². The fourth-order valence-electron chi connectivity index (χ4n) is 3.89. The molecule has 2 aromatic heterocycles. The summed E-state index contributed by atoms with van der Waals surface area (Å²) in [6, 6.07) is 12.1. The molecule has 150 valence electrons. The summed E-state index contributed by atoms with van der Waals surface area (Å²) in [6.45, 7) is 4.34. The Morgan fingerprint density at radius 2 is 1.97 bits per heavy atom. The Morgan fingerprint density at radius 1 is 1.21 bits per heavy atom. The second-order valence-corrected chi connectivity index (χ2v) is 7.50. The molecule has 1 unspecified atom stereocenters. The van der Waals surface area contributed by atoms with E-state index >= 15 is 0 Å². The van der Waals surface area contributed by atoms with E-state index in [4.69, 9.17) is 5.73 Å². The van der Waals surface area contributed by atoms with Crippen molar-refractivity contribution in [3.05, 3.63) is 53.9 Å². The van der Waals surface area contributed by atoms with Gasteiger partial charge in [0, 0.05) is 45.2 Å². The fourth-order valence-corrected chi connectivity index (χ4v) is 3.89. The molecule has 1 fully saturated rings. The molecule has 3 aromatic rings. The van der Waals surface area contributed by atoms with Crippen LogP contribution in [0.4, 0.5) is 0 Å². The number of primary amides is 1. The molecule has 2 N–H and O–H groups in total. The number of fused-ring (bicyclic) bond motifs is 1. The van der Waals surface area contributed by atoms with E-state index in [1.54, 1.807) is 17.5 Å². The predicted molar refractivity (Wildman–Crippen MR) is 109 cm³/mol. The van der Waals surface area contributed by atoms with Crippen LogP contribution < -0.4 is 5.73 Å². The Morgan fingerprint density at radius 3 is 2.66 bits per heavy atom. The van der Waals surface area contributed by atoms with Gasteiger partial charge in [0.1, 0.15) is 6.33 Å². The highest BCUT2D eigenvalue weighted by molar-refractivity contribution is 5.99. The molecule has 2 amide bonds. The van der Waals surface area contributed by atoms with Crippen molar-refractivity contribution < 1.29 is 9.59 Å². The van der Waals surface area contributed by atoms with E-state index in [2.05, 4.69) is 27.1 Å². The molecule has 3 heterocycles. The second-order valence-electron chi connectivity index (χ2n) is 7.50. The quantitative estimate of drug-likeness (QED) is 0.711. The number of likely N-dealkylation sites (tertiary alicyclic amines) is 1. The lowest BCUT2D eigenvalue weighted by Crippen LogP contribution is -2.37. The normalized spacial score (nSPS) is 17.0. The number of carbonyl (C=O) groups excluding carboxylic acids is 2. The van der Waals surface area contributed by atoms with Crippen LogP contribution in [0.2, 0.25) is 0 Å².